The van der Waals surface area contributed by atoms with Gasteiger partial charge in [-0.15, -0.1) is 0 Å². The van der Waals surface area contributed by atoms with Crippen LogP contribution in [-0.2, 0) is 28.0 Å². The molecule has 1 amide bonds. The molecule has 1 fully saturated rings. The maximum absolute atomic E-state index is 14.1. The van der Waals surface area contributed by atoms with E-state index in [0.717, 1.165) is 36.7 Å². The van der Waals surface area contributed by atoms with Crippen molar-refractivity contribution in [2.45, 2.75) is 77.4 Å². The summed E-state index contributed by atoms with van der Waals surface area (Å²) in [7, 11) is 3.06. The number of thiophene rings is 1. The van der Waals surface area contributed by atoms with Crippen LogP contribution >= 0.6 is 11.3 Å². The monoisotopic (exact) mass is 643 g/mol. The average Bonchev–Trinajstić information content (AvgIpc) is 3.66. The van der Waals surface area contributed by atoms with Crippen LogP contribution in [0.25, 0.3) is 15.2 Å². The van der Waals surface area contributed by atoms with E-state index in [1.165, 1.54) is 35.1 Å². The van der Waals surface area contributed by atoms with Crippen molar-refractivity contribution in [2.75, 3.05) is 27.4 Å². The Bertz CT molecular complexity index is 1720. The van der Waals surface area contributed by atoms with Gasteiger partial charge in [0.2, 0.25) is 5.91 Å². The van der Waals surface area contributed by atoms with Gasteiger partial charge in [0, 0.05) is 37.7 Å². The summed E-state index contributed by atoms with van der Waals surface area (Å²) in [5.74, 6) is -0.269. The maximum atomic E-state index is 14.1. The lowest BCUT2D eigenvalue weighted by molar-refractivity contribution is -0.129. The van der Waals surface area contributed by atoms with Crippen LogP contribution in [-0.4, -0.2) is 63.4 Å². The highest BCUT2D eigenvalue weighted by atomic mass is 32.1. The first-order chi connectivity index (χ1) is 21.5. The molecule has 1 aromatic carbocycles. The predicted molar refractivity (Wildman–Crippen MR) is 172 cm³/mol. The Kier molecular flexibility index (Phi) is 11.3. The van der Waals surface area contributed by atoms with Gasteiger partial charge < -0.3 is 19.9 Å². The number of benzene rings is 1. The smallest absolute Gasteiger partial charge is 0.333 e. The summed E-state index contributed by atoms with van der Waals surface area (Å²) >= 11 is 1.29. The largest absolute Gasteiger partial charge is 0.496 e. The summed E-state index contributed by atoms with van der Waals surface area (Å²) in [5.41, 5.74) is -1.29. The van der Waals surface area contributed by atoms with Gasteiger partial charge in [0.05, 0.1) is 25.7 Å². The maximum Gasteiger partial charge on any atom is 0.333 e. The average molecular weight is 644 g/mol. The van der Waals surface area contributed by atoms with Gasteiger partial charge in [-0.3, -0.25) is 14.2 Å². The standard InChI is InChI=1S/C29H34FN5O4S.C3H8O2/c1-18-23-24(36)35(29(2,3)27(37)32-21-9-6-5-7-10-21)28(38)33(26(23)40-25(18)34-15-8-14-31-34)16-13-19-17-20(30)11-12-22(19)39-4;1-5-3-2-4/h8,11-12,14-15,17,21H,5-7,9-10,13,16H2,1-4H3,(H,32,37);4H,2-3H2,1H3. The van der Waals surface area contributed by atoms with E-state index in [2.05, 4.69) is 15.2 Å². The first-order valence-corrected chi connectivity index (χ1v) is 15.9. The number of amides is 1. The van der Waals surface area contributed by atoms with Crippen LogP contribution in [0.4, 0.5) is 4.39 Å². The third kappa shape index (κ3) is 7.37. The Balaban J connectivity index is 0.000000854. The number of rotatable bonds is 10. The van der Waals surface area contributed by atoms with Gasteiger partial charge in [0.25, 0.3) is 5.56 Å². The molecular formula is C32H42FN5O6S. The second kappa shape index (κ2) is 15.0. The molecule has 11 nitrogen and oxygen atoms in total. The van der Waals surface area contributed by atoms with Gasteiger partial charge in [-0.05, 0) is 69.9 Å². The zero-order valence-electron chi connectivity index (χ0n) is 26.5. The van der Waals surface area contributed by atoms with E-state index >= 15 is 0 Å². The third-order valence-corrected chi connectivity index (χ3v) is 9.40. The summed E-state index contributed by atoms with van der Waals surface area (Å²) in [4.78, 5) is 42.2. The quantitative estimate of drug-likeness (QED) is 0.268. The van der Waals surface area contributed by atoms with Crippen molar-refractivity contribution in [1.29, 1.82) is 0 Å². The lowest BCUT2D eigenvalue weighted by Crippen LogP contribution is -2.57. The highest BCUT2D eigenvalue weighted by Crippen LogP contribution is 2.32. The zero-order chi connectivity index (χ0) is 32.7. The van der Waals surface area contributed by atoms with Crippen LogP contribution in [0.1, 0.15) is 57.1 Å². The molecule has 0 aliphatic heterocycles. The fraction of sp³-hybridized carbons (Fsp3) is 0.500. The van der Waals surface area contributed by atoms with Crippen molar-refractivity contribution < 1.29 is 23.8 Å². The number of hydrogen-bond acceptors (Lipinski definition) is 8. The number of aryl methyl sites for hydroxylation is 3. The molecule has 1 aliphatic rings. The number of aliphatic hydroxyl groups is 1. The summed E-state index contributed by atoms with van der Waals surface area (Å²) < 4.78 is 28.2. The van der Waals surface area contributed by atoms with E-state index < -0.39 is 22.6 Å². The molecule has 0 bridgehead atoms. The number of nitrogens with zero attached hydrogens (tertiary/aromatic N) is 4. The lowest BCUT2D eigenvalue weighted by atomic mass is 9.94. The van der Waals surface area contributed by atoms with Gasteiger partial charge in [-0.25, -0.2) is 18.4 Å². The Morgan fingerprint density at radius 3 is 2.53 bits per heavy atom. The van der Waals surface area contributed by atoms with E-state index in [0.29, 0.717) is 38.7 Å². The molecule has 5 rings (SSSR count). The van der Waals surface area contributed by atoms with Gasteiger partial charge in [0.15, 0.2) is 0 Å². The minimum atomic E-state index is -1.45. The number of carbonyl (C=O) groups is 1. The normalized spacial score (nSPS) is 13.8. The van der Waals surface area contributed by atoms with Crippen molar-refractivity contribution >= 4 is 27.5 Å². The summed E-state index contributed by atoms with van der Waals surface area (Å²) in [6.07, 6.45) is 8.68. The number of aromatic nitrogens is 4. The summed E-state index contributed by atoms with van der Waals surface area (Å²) in [6.45, 7) is 5.75. The molecular weight excluding hydrogens is 601 g/mol. The van der Waals surface area contributed by atoms with Crippen LogP contribution in [0.3, 0.4) is 0 Å². The molecule has 1 aliphatic carbocycles. The number of nitrogens with one attached hydrogen (secondary N) is 1. The van der Waals surface area contributed by atoms with Crippen molar-refractivity contribution in [3.63, 3.8) is 0 Å². The van der Waals surface area contributed by atoms with Crippen molar-refractivity contribution in [3.05, 3.63) is 74.4 Å². The molecule has 2 N–H and O–H groups in total. The van der Waals surface area contributed by atoms with E-state index in [-0.39, 0.29) is 31.5 Å². The topological polar surface area (TPSA) is 130 Å². The minimum Gasteiger partial charge on any atom is -0.496 e. The first kappa shape index (κ1) is 34.1. The molecule has 0 radical (unpaired) electrons. The molecule has 0 unspecified atom stereocenters. The Morgan fingerprint density at radius 2 is 1.93 bits per heavy atom. The summed E-state index contributed by atoms with van der Waals surface area (Å²) in [5, 5.41) is 16.4. The van der Waals surface area contributed by atoms with Gasteiger partial charge >= 0.3 is 5.69 Å². The molecule has 13 heteroatoms. The van der Waals surface area contributed by atoms with Crippen molar-refractivity contribution in [1.82, 2.24) is 24.2 Å². The van der Waals surface area contributed by atoms with E-state index in [9.17, 15) is 18.8 Å². The Hall–Kier alpha value is -3.81. The number of halogens is 1. The predicted octanol–water partition coefficient (Wildman–Crippen LogP) is 3.92. The van der Waals surface area contributed by atoms with Crippen molar-refractivity contribution in [3.8, 4) is 10.8 Å². The highest BCUT2D eigenvalue weighted by molar-refractivity contribution is 7.21. The molecule has 1 saturated carbocycles. The third-order valence-electron chi connectivity index (χ3n) is 8.10. The number of ether oxygens (including phenoxy) is 2. The zero-order valence-corrected chi connectivity index (χ0v) is 27.3. The lowest BCUT2D eigenvalue weighted by Gasteiger charge is -2.30. The van der Waals surface area contributed by atoms with E-state index in [1.807, 2.05) is 6.92 Å². The van der Waals surface area contributed by atoms with E-state index in [4.69, 9.17) is 9.84 Å². The number of carbonyl (C=O) groups excluding carboxylic acids is 1. The Morgan fingerprint density at radius 1 is 1.20 bits per heavy atom. The molecule has 3 heterocycles. The highest BCUT2D eigenvalue weighted by Gasteiger charge is 2.36. The molecule has 4 aromatic rings. The van der Waals surface area contributed by atoms with Crippen LogP contribution in [0.15, 0.2) is 46.2 Å². The number of methoxy groups -OCH3 is 2. The minimum absolute atomic E-state index is 0.0249. The van der Waals surface area contributed by atoms with Gasteiger partial charge in [-0.1, -0.05) is 30.6 Å². The molecule has 0 atom stereocenters. The molecule has 45 heavy (non-hydrogen) atoms. The molecule has 244 valence electrons. The van der Waals surface area contributed by atoms with Crippen LogP contribution in [0.5, 0.6) is 5.75 Å². The van der Waals surface area contributed by atoms with Crippen LogP contribution < -0.4 is 21.3 Å². The van der Waals surface area contributed by atoms with Gasteiger partial charge in [0.1, 0.15) is 26.9 Å². The van der Waals surface area contributed by atoms with Gasteiger partial charge in [-0.2, -0.15) is 5.10 Å². The second-order valence-corrected chi connectivity index (χ2v) is 12.5. The van der Waals surface area contributed by atoms with Crippen LogP contribution in [0.2, 0.25) is 0 Å². The number of hydrogen-bond donors (Lipinski definition) is 2. The number of fused-ring (bicyclic) bond motifs is 1. The molecule has 0 saturated heterocycles. The van der Waals surface area contributed by atoms with Crippen LogP contribution in [0, 0.1) is 12.7 Å². The Labute approximate surface area is 265 Å². The molecule has 3 aromatic heterocycles. The fourth-order valence-electron chi connectivity index (χ4n) is 5.61. The van der Waals surface area contributed by atoms with Crippen molar-refractivity contribution in [2.24, 2.45) is 0 Å². The first-order valence-electron chi connectivity index (χ1n) is 15.1. The fourth-order valence-corrected chi connectivity index (χ4v) is 6.87. The summed E-state index contributed by atoms with van der Waals surface area (Å²) in [6, 6.07) is 6.06. The number of aliphatic hydroxyl groups excluding tert-OH is 1. The SMILES string of the molecule is COCCO.COc1ccc(F)cc1CCn1c(=O)n(C(C)(C)C(=O)NC2CCCCC2)c(=O)c2c(C)c(-n3cccn3)sc21. The second-order valence-electron chi connectivity index (χ2n) is 11.5. The van der Waals surface area contributed by atoms with E-state index in [1.54, 1.807) is 50.2 Å². The molecule has 0 spiro atoms.